The van der Waals surface area contributed by atoms with Crippen LogP contribution in [0.5, 0.6) is 0 Å². The standard InChI is InChI=1S/C4H8N2/c5-3-1-4(6)2-3/h1,3H,2,5-6H2/t3-/m0/s1. The van der Waals surface area contributed by atoms with Crippen molar-refractivity contribution in [1.29, 1.82) is 0 Å². The summed E-state index contributed by atoms with van der Waals surface area (Å²) in [5, 5.41) is 0. The second-order valence-corrected chi connectivity index (χ2v) is 1.61. The van der Waals surface area contributed by atoms with Crippen LogP contribution in [0.4, 0.5) is 0 Å². The lowest BCUT2D eigenvalue weighted by molar-refractivity contribution is 0.712. The Morgan fingerprint density at radius 3 is 2.33 bits per heavy atom. The number of hydrogen-bond acceptors (Lipinski definition) is 2. The molecule has 0 aromatic rings. The number of rotatable bonds is 0. The van der Waals surface area contributed by atoms with E-state index in [1.807, 2.05) is 6.08 Å². The first kappa shape index (κ1) is 3.68. The van der Waals surface area contributed by atoms with E-state index in [0.717, 1.165) is 12.1 Å². The molecule has 0 fully saturated rings. The lowest BCUT2D eigenvalue weighted by atomic mass is 10.0. The molecule has 0 saturated heterocycles. The van der Waals surface area contributed by atoms with Gasteiger partial charge in [-0.25, -0.2) is 0 Å². The second-order valence-electron chi connectivity index (χ2n) is 1.61. The fourth-order valence-electron chi connectivity index (χ4n) is 0.514. The summed E-state index contributed by atoms with van der Waals surface area (Å²) in [6.07, 6.45) is 2.75. The minimum absolute atomic E-state index is 0.255. The van der Waals surface area contributed by atoms with Crippen LogP contribution in [-0.4, -0.2) is 6.04 Å². The average Bonchev–Trinajstić information content (AvgIpc) is 1.33. The predicted molar refractivity (Wildman–Crippen MR) is 24.9 cm³/mol. The van der Waals surface area contributed by atoms with Gasteiger partial charge in [0, 0.05) is 18.2 Å². The SMILES string of the molecule is NC1=C[C@H](N)C1. The maximum atomic E-state index is 5.31. The van der Waals surface area contributed by atoms with Crippen LogP contribution in [0.25, 0.3) is 0 Å². The summed E-state index contributed by atoms with van der Waals surface area (Å²) >= 11 is 0. The minimum Gasteiger partial charge on any atom is -0.402 e. The highest BCUT2D eigenvalue weighted by atomic mass is 14.7. The van der Waals surface area contributed by atoms with Gasteiger partial charge in [0.1, 0.15) is 0 Å². The van der Waals surface area contributed by atoms with Crippen molar-refractivity contribution >= 4 is 0 Å². The van der Waals surface area contributed by atoms with Crippen LogP contribution in [0.15, 0.2) is 11.8 Å². The predicted octanol–water partition coefficient (Wildman–Crippen LogP) is -0.440. The van der Waals surface area contributed by atoms with E-state index in [1.54, 1.807) is 0 Å². The summed E-state index contributed by atoms with van der Waals surface area (Å²) in [5.74, 6) is 0. The third-order valence-corrected chi connectivity index (χ3v) is 0.900. The van der Waals surface area contributed by atoms with E-state index < -0.39 is 0 Å². The highest BCUT2D eigenvalue weighted by molar-refractivity contribution is 5.15. The van der Waals surface area contributed by atoms with Crippen LogP contribution in [0, 0.1) is 0 Å². The molecular weight excluding hydrogens is 76.1 g/mol. The normalized spacial score (nSPS) is 31.5. The van der Waals surface area contributed by atoms with Gasteiger partial charge in [0.15, 0.2) is 0 Å². The van der Waals surface area contributed by atoms with Gasteiger partial charge in [-0.15, -0.1) is 0 Å². The Labute approximate surface area is 36.8 Å². The maximum absolute atomic E-state index is 5.31. The van der Waals surface area contributed by atoms with E-state index in [1.165, 1.54) is 0 Å². The highest BCUT2D eigenvalue weighted by Gasteiger charge is 2.09. The van der Waals surface area contributed by atoms with Crippen molar-refractivity contribution in [2.45, 2.75) is 12.5 Å². The second kappa shape index (κ2) is 0.980. The number of hydrogen-bond donors (Lipinski definition) is 2. The molecule has 1 rings (SSSR count). The monoisotopic (exact) mass is 84.1 g/mol. The molecule has 0 aromatic carbocycles. The van der Waals surface area contributed by atoms with E-state index in [9.17, 15) is 0 Å². The summed E-state index contributed by atoms with van der Waals surface area (Å²) in [4.78, 5) is 0. The fraction of sp³-hybridized carbons (Fsp3) is 0.500. The first-order chi connectivity index (χ1) is 2.79. The molecule has 1 atom stereocenters. The van der Waals surface area contributed by atoms with Gasteiger partial charge in [-0.05, 0) is 6.08 Å². The molecule has 0 aliphatic heterocycles. The van der Waals surface area contributed by atoms with Crippen LogP contribution in [0.3, 0.4) is 0 Å². The van der Waals surface area contributed by atoms with Crippen molar-refractivity contribution in [2.24, 2.45) is 11.5 Å². The molecule has 0 spiro atoms. The van der Waals surface area contributed by atoms with Gasteiger partial charge in [0.25, 0.3) is 0 Å². The molecule has 0 aromatic heterocycles. The van der Waals surface area contributed by atoms with Gasteiger partial charge in [-0.3, -0.25) is 0 Å². The topological polar surface area (TPSA) is 52.0 Å². The van der Waals surface area contributed by atoms with Gasteiger partial charge in [-0.1, -0.05) is 0 Å². The summed E-state index contributed by atoms with van der Waals surface area (Å²) in [6.45, 7) is 0. The smallest absolute Gasteiger partial charge is 0.0298 e. The van der Waals surface area contributed by atoms with Crippen molar-refractivity contribution in [3.63, 3.8) is 0 Å². The van der Waals surface area contributed by atoms with Crippen molar-refractivity contribution in [3.8, 4) is 0 Å². The molecule has 0 amide bonds. The van der Waals surface area contributed by atoms with E-state index in [0.29, 0.717) is 0 Å². The van der Waals surface area contributed by atoms with E-state index in [-0.39, 0.29) is 6.04 Å². The Morgan fingerprint density at radius 1 is 1.83 bits per heavy atom. The lowest BCUT2D eigenvalue weighted by Gasteiger charge is -2.16. The van der Waals surface area contributed by atoms with Crippen molar-refractivity contribution < 1.29 is 0 Å². The summed E-state index contributed by atoms with van der Waals surface area (Å²) in [5.41, 5.74) is 11.5. The van der Waals surface area contributed by atoms with E-state index in [4.69, 9.17) is 11.5 Å². The van der Waals surface area contributed by atoms with Crippen LogP contribution in [-0.2, 0) is 0 Å². The molecule has 1 aliphatic carbocycles. The van der Waals surface area contributed by atoms with Gasteiger partial charge < -0.3 is 11.5 Å². The Hall–Kier alpha value is -0.500. The third-order valence-electron chi connectivity index (χ3n) is 0.900. The molecule has 6 heavy (non-hydrogen) atoms. The van der Waals surface area contributed by atoms with Crippen LogP contribution in [0.2, 0.25) is 0 Å². The summed E-state index contributed by atoms with van der Waals surface area (Å²) in [7, 11) is 0. The first-order valence-electron chi connectivity index (χ1n) is 2.01. The molecular formula is C4H8N2. The zero-order valence-corrected chi connectivity index (χ0v) is 3.52. The van der Waals surface area contributed by atoms with Gasteiger partial charge in [0.05, 0.1) is 0 Å². The lowest BCUT2D eigenvalue weighted by Crippen LogP contribution is -2.29. The molecule has 34 valence electrons. The zero-order chi connectivity index (χ0) is 4.57. The molecule has 4 N–H and O–H groups in total. The van der Waals surface area contributed by atoms with Gasteiger partial charge in [-0.2, -0.15) is 0 Å². The highest BCUT2D eigenvalue weighted by Crippen LogP contribution is 2.09. The van der Waals surface area contributed by atoms with Crippen LogP contribution in [0.1, 0.15) is 6.42 Å². The van der Waals surface area contributed by atoms with Crippen molar-refractivity contribution in [2.75, 3.05) is 0 Å². The first-order valence-corrected chi connectivity index (χ1v) is 2.01. The summed E-state index contributed by atoms with van der Waals surface area (Å²) in [6, 6.07) is 0.255. The van der Waals surface area contributed by atoms with Crippen molar-refractivity contribution in [1.82, 2.24) is 0 Å². The van der Waals surface area contributed by atoms with Crippen LogP contribution >= 0.6 is 0 Å². The molecule has 0 unspecified atom stereocenters. The molecule has 0 saturated carbocycles. The van der Waals surface area contributed by atoms with Crippen molar-refractivity contribution in [3.05, 3.63) is 11.8 Å². The largest absolute Gasteiger partial charge is 0.402 e. The Balaban J connectivity index is 2.46. The Kier molecular flexibility index (Phi) is 0.601. The van der Waals surface area contributed by atoms with E-state index in [2.05, 4.69) is 0 Å². The molecule has 0 bridgehead atoms. The number of nitrogens with two attached hydrogens (primary N) is 2. The van der Waals surface area contributed by atoms with Gasteiger partial charge in [0.2, 0.25) is 0 Å². The van der Waals surface area contributed by atoms with Gasteiger partial charge >= 0.3 is 0 Å². The summed E-state index contributed by atoms with van der Waals surface area (Å²) < 4.78 is 0. The molecule has 0 radical (unpaired) electrons. The van der Waals surface area contributed by atoms with E-state index >= 15 is 0 Å². The molecule has 2 nitrogen and oxygen atoms in total. The molecule has 1 aliphatic rings. The Bertz CT molecular complexity index is 85.5. The minimum atomic E-state index is 0.255. The average molecular weight is 84.1 g/mol. The van der Waals surface area contributed by atoms with Crippen LogP contribution < -0.4 is 11.5 Å². The quantitative estimate of drug-likeness (QED) is 0.418. The Morgan fingerprint density at radius 2 is 2.33 bits per heavy atom. The third kappa shape index (κ3) is 0.389. The molecule has 0 heterocycles. The maximum Gasteiger partial charge on any atom is 0.0298 e. The zero-order valence-electron chi connectivity index (χ0n) is 3.52. The molecule has 2 heteroatoms. The fourth-order valence-corrected chi connectivity index (χ4v) is 0.514.